The largest absolute Gasteiger partial charge is 0.307 e. The maximum absolute atomic E-state index is 5.36. The van der Waals surface area contributed by atoms with Gasteiger partial charge >= 0.3 is 5.32 Å². The molecule has 12 heavy (non-hydrogen) atoms. The molecule has 1 rings (SSSR count). The van der Waals surface area contributed by atoms with E-state index in [0.29, 0.717) is 6.16 Å². The van der Waals surface area contributed by atoms with E-state index < -0.39 is 5.32 Å². The third kappa shape index (κ3) is 10.4. The summed E-state index contributed by atoms with van der Waals surface area (Å²) >= 11 is 16.1. The molecular formula is C7H10Cl3NP+. The van der Waals surface area contributed by atoms with Crippen LogP contribution in [0, 0.1) is 0 Å². The zero-order valence-corrected chi connectivity index (χ0v) is 9.78. The van der Waals surface area contributed by atoms with Crippen molar-refractivity contribution in [3.63, 3.8) is 0 Å². The van der Waals surface area contributed by atoms with Crippen LogP contribution >= 0.6 is 39.0 Å². The summed E-state index contributed by atoms with van der Waals surface area (Å²) in [6.45, 7) is 1.86. The van der Waals surface area contributed by atoms with Crippen molar-refractivity contribution in [3.8, 4) is 0 Å². The second-order valence-electron chi connectivity index (χ2n) is 1.89. The summed E-state index contributed by atoms with van der Waals surface area (Å²) in [6.07, 6.45) is 4.18. The molecule has 0 spiro atoms. The van der Waals surface area contributed by atoms with Crippen LogP contribution in [-0.2, 0) is 0 Å². The lowest BCUT2D eigenvalue weighted by atomic mass is 10.5. The van der Waals surface area contributed by atoms with Gasteiger partial charge in [-0.2, -0.15) is 0 Å². The van der Waals surface area contributed by atoms with Gasteiger partial charge in [0.05, 0.1) is 0 Å². The van der Waals surface area contributed by atoms with Crippen molar-refractivity contribution in [2.45, 2.75) is 6.92 Å². The molecular weight excluding hydrogens is 235 g/mol. The number of aromatic nitrogens is 1. The van der Waals surface area contributed by atoms with Gasteiger partial charge in [0.2, 0.25) is 0 Å². The summed E-state index contributed by atoms with van der Waals surface area (Å²) in [5, 5.41) is -1.98. The highest BCUT2D eigenvalue weighted by atomic mass is 36.1. The van der Waals surface area contributed by atoms with Gasteiger partial charge in [-0.25, -0.2) is 0 Å². The molecule has 0 atom stereocenters. The van der Waals surface area contributed by atoms with Gasteiger partial charge in [0.25, 0.3) is 0 Å². The Morgan fingerprint density at radius 3 is 1.58 bits per heavy atom. The highest BCUT2D eigenvalue weighted by Gasteiger charge is 2.28. The quantitative estimate of drug-likeness (QED) is 0.661. The molecule has 1 heterocycles. The van der Waals surface area contributed by atoms with Gasteiger partial charge in [-0.05, 0) is 19.1 Å². The van der Waals surface area contributed by atoms with Gasteiger partial charge < -0.3 is 0 Å². The minimum absolute atomic E-state index is 0.678. The first kappa shape index (κ1) is 12.4. The third-order valence-electron chi connectivity index (χ3n) is 0.925. The molecule has 0 aromatic carbocycles. The van der Waals surface area contributed by atoms with Crippen LogP contribution in [0.15, 0.2) is 30.6 Å². The minimum atomic E-state index is -1.98. The van der Waals surface area contributed by atoms with Crippen molar-refractivity contribution < 1.29 is 0 Å². The topological polar surface area (TPSA) is 12.9 Å². The van der Waals surface area contributed by atoms with Crippen LogP contribution in [0.1, 0.15) is 6.92 Å². The number of hydrogen-bond acceptors (Lipinski definition) is 1. The molecule has 0 unspecified atom stereocenters. The molecule has 68 valence electrons. The highest BCUT2D eigenvalue weighted by molar-refractivity contribution is 8.32. The number of rotatable bonds is 1. The maximum Gasteiger partial charge on any atom is 0.307 e. The summed E-state index contributed by atoms with van der Waals surface area (Å²) in [5.41, 5.74) is 0. The van der Waals surface area contributed by atoms with Crippen molar-refractivity contribution >= 4 is 39.0 Å². The SMILES string of the molecule is CC[P+](Cl)(Cl)Cl.c1ccncc1. The third-order valence-corrected chi connectivity index (χ3v) is 3.79. The average molecular weight is 245 g/mol. The summed E-state index contributed by atoms with van der Waals surface area (Å²) in [4.78, 5) is 3.78. The second kappa shape index (κ2) is 6.91. The van der Waals surface area contributed by atoms with Crippen molar-refractivity contribution in [3.05, 3.63) is 30.6 Å². The van der Waals surface area contributed by atoms with E-state index in [1.54, 1.807) is 12.4 Å². The predicted octanol–water partition coefficient (Wildman–Crippen LogP) is 4.57. The van der Waals surface area contributed by atoms with Crippen molar-refractivity contribution in [1.82, 2.24) is 4.98 Å². The number of pyridine rings is 1. The van der Waals surface area contributed by atoms with Crippen LogP contribution in [0.2, 0.25) is 0 Å². The molecule has 0 saturated carbocycles. The van der Waals surface area contributed by atoms with Crippen molar-refractivity contribution in [1.29, 1.82) is 0 Å². The fraction of sp³-hybridized carbons (Fsp3) is 0.286. The summed E-state index contributed by atoms with van der Waals surface area (Å²) in [6, 6.07) is 5.72. The van der Waals surface area contributed by atoms with E-state index in [1.165, 1.54) is 0 Å². The molecule has 1 nitrogen and oxygen atoms in total. The van der Waals surface area contributed by atoms with Gasteiger partial charge in [0.15, 0.2) is 0 Å². The molecule has 1 aromatic heterocycles. The lowest BCUT2D eigenvalue weighted by molar-refractivity contribution is 1.33. The van der Waals surface area contributed by atoms with Gasteiger partial charge in [0.1, 0.15) is 39.9 Å². The molecule has 0 aliphatic rings. The normalized spacial score (nSPS) is 10.0. The van der Waals surface area contributed by atoms with Crippen molar-refractivity contribution in [2.75, 3.05) is 6.16 Å². The monoisotopic (exact) mass is 244 g/mol. The van der Waals surface area contributed by atoms with Crippen LogP contribution in [0.25, 0.3) is 0 Å². The van der Waals surface area contributed by atoms with Gasteiger partial charge in [0, 0.05) is 12.4 Å². The Morgan fingerprint density at radius 2 is 1.50 bits per heavy atom. The molecule has 5 heteroatoms. The number of nitrogens with zero attached hydrogens (tertiary/aromatic N) is 1. The Balaban J connectivity index is 0.000000202. The van der Waals surface area contributed by atoms with Crippen LogP contribution in [0.5, 0.6) is 0 Å². The van der Waals surface area contributed by atoms with Crippen LogP contribution in [0.4, 0.5) is 0 Å². The maximum atomic E-state index is 5.36. The number of halogens is 3. The van der Waals surface area contributed by atoms with E-state index in [9.17, 15) is 0 Å². The van der Waals surface area contributed by atoms with E-state index >= 15 is 0 Å². The Labute approximate surface area is 87.8 Å². The Morgan fingerprint density at radius 1 is 1.08 bits per heavy atom. The Kier molecular flexibility index (Phi) is 7.17. The van der Waals surface area contributed by atoms with E-state index in [0.717, 1.165) is 0 Å². The van der Waals surface area contributed by atoms with Gasteiger partial charge in [-0.1, -0.05) is 6.07 Å². The van der Waals surface area contributed by atoms with Crippen LogP contribution in [0.3, 0.4) is 0 Å². The van der Waals surface area contributed by atoms with E-state index in [1.807, 2.05) is 25.1 Å². The molecule has 1 aromatic rings. The van der Waals surface area contributed by atoms with Gasteiger partial charge in [-0.15, -0.1) is 0 Å². The first-order valence-electron chi connectivity index (χ1n) is 3.38. The lowest BCUT2D eigenvalue weighted by Gasteiger charge is -1.88. The molecule has 0 radical (unpaired) electrons. The molecule has 0 fully saturated rings. The van der Waals surface area contributed by atoms with E-state index in [4.69, 9.17) is 33.7 Å². The predicted molar refractivity (Wildman–Crippen MR) is 59.3 cm³/mol. The molecule has 0 amide bonds. The highest BCUT2D eigenvalue weighted by Crippen LogP contribution is 2.73. The fourth-order valence-electron chi connectivity index (χ4n) is 0.313. The Bertz CT molecular complexity index is 161. The van der Waals surface area contributed by atoms with E-state index in [2.05, 4.69) is 4.98 Å². The smallest absolute Gasteiger partial charge is 0.265 e. The first-order valence-corrected chi connectivity index (χ1v) is 8.07. The Hall–Kier alpha value is 0.450. The van der Waals surface area contributed by atoms with Crippen LogP contribution in [-0.4, -0.2) is 11.1 Å². The summed E-state index contributed by atoms with van der Waals surface area (Å²) < 4.78 is 0. The lowest BCUT2D eigenvalue weighted by Crippen LogP contribution is -1.62. The van der Waals surface area contributed by atoms with Crippen molar-refractivity contribution in [2.24, 2.45) is 0 Å². The number of hydrogen-bond donors (Lipinski definition) is 0. The second-order valence-corrected chi connectivity index (χ2v) is 10.4. The zero-order valence-electron chi connectivity index (χ0n) is 6.62. The summed E-state index contributed by atoms with van der Waals surface area (Å²) in [7, 11) is 0. The molecule has 0 saturated heterocycles. The first-order chi connectivity index (χ1) is 5.56. The fourth-order valence-corrected chi connectivity index (χ4v) is 0.313. The minimum Gasteiger partial charge on any atom is -0.265 e. The van der Waals surface area contributed by atoms with Gasteiger partial charge in [-0.3, -0.25) is 4.98 Å². The molecule has 0 aliphatic heterocycles. The zero-order chi connectivity index (χ0) is 9.45. The van der Waals surface area contributed by atoms with E-state index in [-0.39, 0.29) is 0 Å². The van der Waals surface area contributed by atoms with Crippen LogP contribution < -0.4 is 0 Å². The standard InChI is InChI=1S/C5H5N.C2H5Cl3P/c1-2-4-6-5-3-1;1-2-6(3,4)5/h1-5H;2H2,1H3/q;+1. The molecule has 0 N–H and O–H groups in total. The molecule has 0 aliphatic carbocycles. The summed E-state index contributed by atoms with van der Waals surface area (Å²) in [5.74, 6) is 0. The molecule has 0 bridgehead atoms. The average Bonchev–Trinajstić information content (AvgIpc) is 2.07.